The predicted molar refractivity (Wildman–Crippen MR) is 85.1 cm³/mol. The molecule has 9 heteroatoms. The highest BCUT2D eigenvalue weighted by atomic mass is 32.2. The van der Waals surface area contributed by atoms with Gasteiger partial charge in [-0.3, -0.25) is 0 Å². The summed E-state index contributed by atoms with van der Waals surface area (Å²) in [6, 6.07) is 1.90. The zero-order valence-corrected chi connectivity index (χ0v) is 13.6. The first-order valence-corrected chi connectivity index (χ1v) is 8.42. The van der Waals surface area contributed by atoms with Crippen molar-refractivity contribution >= 4 is 23.1 Å². The normalized spacial score (nSPS) is 11.1. The molecule has 0 amide bonds. The Morgan fingerprint density at radius 2 is 2.36 bits per heavy atom. The highest BCUT2D eigenvalue weighted by Gasteiger charge is 2.12. The number of rotatable bonds is 7. The molecule has 0 saturated heterocycles. The van der Waals surface area contributed by atoms with Gasteiger partial charge in [0, 0.05) is 30.2 Å². The van der Waals surface area contributed by atoms with Crippen LogP contribution in [0.4, 0.5) is 0 Å². The number of thiazole rings is 1. The topological polar surface area (TPSA) is 92.0 Å². The van der Waals surface area contributed by atoms with Crippen LogP contribution in [0.1, 0.15) is 11.5 Å². The molecule has 0 radical (unpaired) electrons. The maximum atomic E-state index is 5.98. The highest BCUT2D eigenvalue weighted by molar-refractivity contribution is 7.98. The number of nitrogens with two attached hydrogens (primary N) is 1. The van der Waals surface area contributed by atoms with Crippen molar-refractivity contribution in [2.75, 3.05) is 19.6 Å². The Balaban J connectivity index is 1.62. The van der Waals surface area contributed by atoms with E-state index in [-0.39, 0.29) is 0 Å². The monoisotopic (exact) mass is 337 g/mol. The second kappa shape index (κ2) is 6.95. The molecule has 0 aliphatic rings. The van der Waals surface area contributed by atoms with E-state index in [1.165, 1.54) is 16.4 Å². The first-order chi connectivity index (χ1) is 10.8. The van der Waals surface area contributed by atoms with Gasteiger partial charge < -0.3 is 15.0 Å². The average molecular weight is 337 g/mol. The van der Waals surface area contributed by atoms with Gasteiger partial charge in [-0.25, -0.2) is 9.66 Å². The van der Waals surface area contributed by atoms with Crippen molar-refractivity contribution in [2.45, 2.75) is 17.3 Å². The minimum Gasteiger partial charge on any atom is -0.472 e. The van der Waals surface area contributed by atoms with Crippen LogP contribution in [-0.2, 0) is 16.9 Å². The summed E-state index contributed by atoms with van der Waals surface area (Å²) in [7, 11) is 1.65. The van der Waals surface area contributed by atoms with Crippen LogP contribution in [0, 0.1) is 0 Å². The highest BCUT2D eigenvalue weighted by Crippen LogP contribution is 2.27. The number of hydrogen-bond acceptors (Lipinski definition) is 8. The molecule has 2 N–H and O–H groups in total. The summed E-state index contributed by atoms with van der Waals surface area (Å²) in [5, 5.41) is 11.8. The first kappa shape index (κ1) is 15.1. The minimum atomic E-state index is 0.570. The van der Waals surface area contributed by atoms with Crippen molar-refractivity contribution in [3.63, 3.8) is 0 Å². The lowest BCUT2D eigenvalue weighted by Crippen LogP contribution is -2.15. The van der Waals surface area contributed by atoms with E-state index in [0.29, 0.717) is 29.8 Å². The summed E-state index contributed by atoms with van der Waals surface area (Å²) >= 11 is 3.10. The maximum Gasteiger partial charge on any atom is 0.210 e. The Bertz CT molecular complexity index is 723. The predicted octanol–water partition coefficient (Wildman–Crippen LogP) is 2.19. The lowest BCUT2D eigenvalue weighted by molar-refractivity contribution is 0.200. The van der Waals surface area contributed by atoms with E-state index in [4.69, 9.17) is 15.0 Å². The molecule has 22 heavy (non-hydrogen) atoms. The molecule has 3 aromatic rings. The van der Waals surface area contributed by atoms with Crippen LogP contribution in [0.25, 0.3) is 10.6 Å². The van der Waals surface area contributed by atoms with Crippen molar-refractivity contribution in [3.8, 4) is 10.6 Å². The van der Waals surface area contributed by atoms with Gasteiger partial charge in [-0.05, 0) is 6.07 Å². The third-order valence-electron chi connectivity index (χ3n) is 2.93. The van der Waals surface area contributed by atoms with Gasteiger partial charge in [0.05, 0.1) is 18.6 Å². The summed E-state index contributed by atoms with van der Waals surface area (Å²) in [6.45, 7) is 0.570. The molecule has 0 aromatic carbocycles. The number of thioether (sulfide) groups is 1. The van der Waals surface area contributed by atoms with Crippen molar-refractivity contribution in [1.29, 1.82) is 0 Å². The number of hydrogen-bond donors (Lipinski definition) is 1. The molecule has 3 rings (SSSR count). The zero-order chi connectivity index (χ0) is 15.4. The maximum absolute atomic E-state index is 5.98. The van der Waals surface area contributed by atoms with Crippen molar-refractivity contribution in [3.05, 3.63) is 35.5 Å². The van der Waals surface area contributed by atoms with Crippen LogP contribution in [-0.4, -0.2) is 33.6 Å². The van der Waals surface area contributed by atoms with Crippen molar-refractivity contribution < 1.29 is 9.15 Å². The molecule has 3 aromatic heterocycles. The zero-order valence-electron chi connectivity index (χ0n) is 11.9. The fraction of sp³-hybridized carbons (Fsp3) is 0.308. The minimum absolute atomic E-state index is 0.570. The third kappa shape index (κ3) is 3.32. The molecule has 0 saturated carbocycles. The van der Waals surface area contributed by atoms with Crippen LogP contribution in [0.5, 0.6) is 0 Å². The number of ether oxygens (including phenoxy) is 1. The molecule has 0 aliphatic carbocycles. The molecular formula is C13H15N5O2S2. The standard InChI is InChI=1S/C13H15N5O2S2/c1-19-4-3-11-16-17-13(18(11)14)22-8-10-7-21-12(15-10)9-2-5-20-6-9/h2,5-7H,3-4,8,14H2,1H3. The quantitative estimate of drug-likeness (QED) is 0.522. The Morgan fingerprint density at radius 1 is 1.45 bits per heavy atom. The van der Waals surface area contributed by atoms with Crippen LogP contribution >= 0.6 is 23.1 Å². The van der Waals surface area contributed by atoms with E-state index in [2.05, 4.69) is 15.2 Å². The summed E-state index contributed by atoms with van der Waals surface area (Å²) in [4.78, 5) is 4.57. The largest absolute Gasteiger partial charge is 0.472 e. The van der Waals surface area contributed by atoms with Crippen LogP contribution in [0.15, 0.2) is 33.5 Å². The van der Waals surface area contributed by atoms with E-state index in [1.807, 2.05) is 11.4 Å². The Hall–Kier alpha value is -1.84. The Kier molecular flexibility index (Phi) is 4.76. The molecule has 0 bridgehead atoms. The van der Waals surface area contributed by atoms with Gasteiger partial charge in [-0.15, -0.1) is 21.5 Å². The van der Waals surface area contributed by atoms with E-state index >= 15 is 0 Å². The van der Waals surface area contributed by atoms with Gasteiger partial charge in [0.1, 0.15) is 11.3 Å². The first-order valence-electron chi connectivity index (χ1n) is 6.56. The second-order valence-electron chi connectivity index (χ2n) is 4.46. The number of furan rings is 1. The van der Waals surface area contributed by atoms with Gasteiger partial charge in [-0.1, -0.05) is 11.8 Å². The van der Waals surface area contributed by atoms with Crippen molar-refractivity contribution in [2.24, 2.45) is 0 Å². The van der Waals surface area contributed by atoms with Crippen LogP contribution in [0.3, 0.4) is 0 Å². The lowest BCUT2D eigenvalue weighted by atomic mass is 10.4. The molecule has 0 unspecified atom stereocenters. The number of methoxy groups -OCH3 is 1. The lowest BCUT2D eigenvalue weighted by Gasteiger charge is -2.02. The molecule has 0 spiro atoms. The summed E-state index contributed by atoms with van der Waals surface area (Å²) < 4.78 is 11.6. The molecule has 0 aliphatic heterocycles. The molecular weight excluding hydrogens is 322 g/mol. The van der Waals surface area contributed by atoms with E-state index in [0.717, 1.165) is 16.3 Å². The second-order valence-corrected chi connectivity index (χ2v) is 6.26. The fourth-order valence-corrected chi connectivity index (χ4v) is 3.48. The third-order valence-corrected chi connectivity index (χ3v) is 4.85. The smallest absolute Gasteiger partial charge is 0.210 e. The fourth-order valence-electron chi connectivity index (χ4n) is 1.80. The molecule has 3 heterocycles. The van der Waals surface area contributed by atoms with Gasteiger partial charge in [0.15, 0.2) is 5.82 Å². The van der Waals surface area contributed by atoms with E-state index in [1.54, 1.807) is 31.0 Å². The van der Waals surface area contributed by atoms with Crippen LogP contribution in [0.2, 0.25) is 0 Å². The molecule has 0 fully saturated rings. The number of aromatic nitrogens is 4. The Labute approximate surface area is 135 Å². The van der Waals surface area contributed by atoms with Crippen molar-refractivity contribution in [1.82, 2.24) is 19.9 Å². The van der Waals surface area contributed by atoms with E-state index in [9.17, 15) is 0 Å². The van der Waals surface area contributed by atoms with Gasteiger partial charge in [0.25, 0.3) is 0 Å². The SMILES string of the molecule is COCCc1nnc(SCc2csc(-c3ccoc3)n2)n1N. The summed E-state index contributed by atoms with van der Waals surface area (Å²) in [6.07, 6.45) is 3.97. The summed E-state index contributed by atoms with van der Waals surface area (Å²) in [5.74, 6) is 7.37. The molecule has 116 valence electrons. The number of nitrogen functional groups attached to an aromatic ring is 1. The van der Waals surface area contributed by atoms with Gasteiger partial charge >= 0.3 is 0 Å². The average Bonchev–Trinajstić information content (AvgIpc) is 3.25. The van der Waals surface area contributed by atoms with Gasteiger partial charge in [0.2, 0.25) is 5.16 Å². The molecule has 0 atom stereocenters. The number of nitrogens with zero attached hydrogens (tertiary/aromatic N) is 4. The molecule has 7 nitrogen and oxygen atoms in total. The Morgan fingerprint density at radius 3 is 3.14 bits per heavy atom. The van der Waals surface area contributed by atoms with E-state index < -0.39 is 0 Å². The van der Waals surface area contributed by atoms with Crippen LogP contribution < -0.4 is 5.84 Å². The summed E-state index contributed by atoms with van der Waals surface area (Å²) in [5.41, 5.74) is 1.97. The van der Waals surface area contributed by atoms with Gasteiger partial charge in [-0.2, -0.15) is 0 Å².